The van der Waals surface area contributed by atoms with Crippen LogP contribution in [0.3, 0.4) is 0 Å². The summed E-state index contributed by atoms with van der Waals surface area (Å²) in [7, 11) is 0. The highest BCUT2D eigenvalue weighted by atomic mass is 16.1. The molecule has 0 unspecified atom stereocenters. The Bertz CT molecular complexity index is 627. The van der Waals surface area contributed by atoms with Crippen molar-refractivity contribution < 1.29 is 4.79 Å². The van der Waals surface area contributed by atoms with E-state index in [0.717, 1.165) is 17.5 Å². The minimum Gasteiger partial charge on any atom is -0.294 e. The molecule has 2 rings (SSSR count). The Morgan fingerprint density at radius 2 is 1.19 bits per heavy atom. The highest BCUT2D eigenvalue weighted by molar-refractivity contribution is 5.97. The second-order valence-electron chi connectivity index (χ2n) is 7.71. The molecule has 0 radical (unpaired) electrons. The first-order chi connectivity index (χ1) is 13.3. The number of rotatable bonds is 14. The summed E-state index contributed by atoms with van der Waals surface area (Å²) in [6.45, 7) is 2.27. The van der Waals surface area contributed by atoms with E-state index in [0.29, 0.717) is 6.42 Å². The Kier molecular flexibility index (Phi) is 10.6. The average molecular weight is 365 g/mol. The van der Waals surface area contributed by atoms with Crippen LogP contribution in [0.2, 0.25) is 0 Å². The topological polar surface area (TPSA) is 17.1 Å². The summed E-state index contributed by atoms with van der Waals surface area (Å²) in [6, 6.07) is 18.2. The van der Waals surface area contributed by atoms with Gasteiger partial charge in [0.2, 0.25) is 0 Å². The van der Waals surface area contributed by atoms with E-state index < -0.39 is 0 Å². The third-order valence-corrected chi connectivity index (χ3v) is 5.30. The summed E-state index contributed by atoms with van der Waals surface area (Å²) < 4.78 is 0. The Hall–Kier alpha value is -1.89. The molecular weight excluding hydrogens is 328 g/mol. The van der Waals surface area contributed by atoms with E-state index in [1.807, 2.05) is 42.5 Å². The molecule has 0 aliphatic rings. The molecule has 0 aliphatic carbocycles. The number of carbonyl (C=O) groups excluding carboxylic acids is 1. The first-order valence-electron chi connectivity index (χ1n) is 11.0. The third kappa shape index (κ3) is 9.04. The van der Waals surface area contributed by atoms with Crippen molar-refractivity contribution >= 4 is 5.78 Å². The lowest BCUT2D eigenvalue weighted by Gasteiger charge is -2.05. The molecule has 27 heavy (non-hydrogen) atoms. The van der Waals surface area contributed by atoms with Gasteiger partial charge in [-0.15, -0.1) is 0 Å². The molecule has 1 heteroatoms. The van der Waals surface area contributed by atoms with Gasteiger partial charge in [0.05, 0.1) is 0 Å². The fraction of sp³-hybridized carbons (Fsp3) is 0.500. The Labute approximate surface area is 166 Å². The molecule has 0 atom stereocenters. The summed E-state index contributed by atoms with van der Waals surface area (Å²) in [5, 5.41) is 0. The standard InChI is InChI=1S/C26H36O/c1-2-3-4-5-6-7-8-9-10-12-15-23-18-20-25(21-19-23)26(27)22-24-16-13-11-14-17-24/h11,13-14,16-21H,2-10,12,15,22H2,1H3. The van der Waals surface area contributed by atoms with Crippen LogP contribution in [0.5, 0.6) is 0 Å². The van der Waals surface area contributed by atoms with E-state index in [1.54, 1.807) is 0 Å². The summed E-state index contributed by atoms with van der Waals surface area (Å²) >= 11 is 0. The molecule has 2 aromatic rings. The smallest absolute Gasteiger partial charge is 0.167 e. The van der Waals surface area contributed by atoms with Gasteiger partial charge in [-0.2, -0.15) is 0 Å². The Morgan fingerprint density at radius 1 is 0.630 bits per heavy atom. The van der Waals surface area contributed by atoms with Crippen molar-refractivity contribution in [2.45, 2.75) is 84.0 Å². The number of hydrogen-bond donors (Lipinski definition) is 0. The normalized spacial score (nSPS) is 10.9. The molecule has 0 aromatic heterocycles. The largest absolute Gasteiger partial charge is 0.294 e. The molecule has 146 valence electrons. The molecule has 0 spiro atoms. The first-order valence-corrected chi connectivity index (χ1v) is 11.0. The van der Waals surface area contributed by atoms with Gasteiger partial charge < -0.3 is 0 Å². The SMILES string of the molecule is CCCCCCCCCCCCc1ccc(C(=O)Cc2ccccc2)cc1. The summed E-state index contributed by atoms with van der Waals surface area (Å²) in [4.78, 5) is 12.4. The van der Waals surface area contributed by atoms with Gasteiger partial charge in [0.1, 0.15) is 0 Å². The molecule has 0 N–H and O–H groups in total. The number of hydrogen-bond acceptors (Lipinski definition) is 1. The van der Waals surface area contributed by atoms with Crippen LogP contribution in [-0.4, -0.2) is 5.78 Å². The van der Waals surface area contributed by atoms with Crippen LogP contribution in [0.15, 0.2) is 54.6 Å². The van der Waals surface area contributed by atoms with E-state index >= 15 is 0 Å². The third-order valence-electron chi connectivity index (χ3n) is 5.30. The Morgan fingerprint density at radius 3 is 1.78 bits per heavy atom. The number of aryl methyl sites for hydroxylation is 1. The van der Waals surface area contributed by atoms with Crippen molar-refractivity contribution in [2.75, 3.05) is 0 Å². The fourth-order valence-corrected chi connectivity index (χ4v) is 3.56. The van der Waals surface area contributed by atoms with Gasteiger partial charge in [-0.25, -0.2) is 0 Å². The molecule has 0 heterocycles. The molecule has 0 saturated carbocycles. The van der Waals surface area contributed by atoms with Gasteiger partial charge >= 0.3 is 0 Å². The van der Waals surface area contributed by atoms with Gasteiger partial charge in [0.25, 0.3) is 0 Å². The van der Waals surface area contributed by atoms with Gasteiger partial charge in [-0.1, -0.05) is 119 Å². The Balaban J connectivity index is 1.58. The van der Waals surface area contributed by atoms with Crippen LogP contribution >= 0.6 is 0 Å². The zero-order valence-corrected chi connectivity index (χ0v) is 17.1. The fourth-order valence-electron chi connectivity index (χ4n) is 3.56. The maximum atomic E-state index is 12.4. The monoisotopic (exact) mass is 364 g/mol. The molecule has 0 saturated heterocycles. The van der Waals surface area contributed by atoms with Crippen molar-refractivity contribution in [1.29, 1.82) is 0 Å². The quantitative estimate of drug-likeness (QED) is 0.249. The van der Waals surface area contributed by atoms with E-state index in [1.165, 1.54) is 69.8 Å². The van der Waals surface area contributed by atoms with Crippen molar-refractivity contribution in [3.63, 3.8) is 0 Å². The lowest BCUT2D eigenvalue weighted by atomic mass is 9.99. The van der Waals surface area contributed by atoms with Crippen molar-refractivity contribution in [2.24, 2.45) is 0 Å². The molecule has 0 fully saturated rings. The molecule has 0 bridgehead atoms. The van der Waals surface area contributed by atoms with Crippen LogP contribution in [0.1, 0.15) is 92.6 Å². The van der Waals surface area contributed by atoms with Gasteiger partial charge in [-0.3, -0.25) is 4.79 Å². The minimum atomic E-state index is 0.201. The maximum absolute atomic E-state index is 12.4. The van der Waals surface area contributed by atoms with E-state index in [-0.39, 0.29) is 5.78 Å². The van der Waals surface area contributed by atoms with Crippen LogP contribution in [0.25, 0.3) is 0 Å². The first kappa shape index (κ1) is 21.4. The number of Topliss-reactive ketones (excluding diaryl/α,β-unsaturated/α-hetero) is 1. The molecule has 2 aromatic carbocycles. The minimum absolute atomic E-state index is 0.201. The van der Waals surface area contributed by atoms with Crippen LogP contribution in [0.4, 0.5) is 0 Å². The molecule has 0 aliphatic heterocycles. The molecular formula is C26H36O. The van der Waals surface area contributed by atoms with Crippen LogP contribution in [0, 0.1) is 0 Å². The lowest BCUT2D eigenvalue weighted by molar-refractivity contribution is 0.0993. The second kappa shape index (κ2) is 13.3. The van der Waals surface area contributed by atoms with Gasteiger partial charge in [0, 0.05) is 12.0 Å². The van der Waals surface area contributed by atoms with Crippen LogP contribution < -0.4 is 0 Å². The van der Waals surface area contributed by atoms with Gasteiger partial charge in [0.15, 0.2) is 5.78 Å². The van der Waals surface area contributed by atoms with Crippen molar-refractivity contribution in [3.8, 4) is 0 Å². The molecule has 1 nitrogen and oxygen atoms in total. The van der Waals surface area contributed by atoms with E-state index in [2.05, 4.69) is 19.1 Å². The maximum Gasteiger partial charge on any atom is 0.167 e. The average Bonchev–Trinajstić information content (AvgIpc) is 2.70. The van der Waals surface area contributed by atoms with Crippen LogP contribution in [-0.2, 0) is 12.8 Å². The zero-order chi connectivity index (χ0) is 19.2. The van der Waals surface area contributed by atoms with Crippen molar-refractivity contribution in [3.05, 3.63) is 71.3 Å². The number of benzene rings is 2. The van der Waals surface area contributed by atoms with E-state index in [4.69, 9.17) is 0 Å². The lowest BCUT2D eigenvalue weighted by Crippen LogP contribution is -2.03. The summed E-state index contributed by atoms with van der Waals surface area (Å²) in [6.07, 6.45) is 15.3. The predicted octanol–water partition coefficient (Wildman–Crippen LogP) is 7.58. The number of carbonyl (C=O) groups is 1. The number of ketones is 1. The van der Waals surface area contributed by atoms with Crippen molar-refractivity contribution in [1.82, 2.24) is 0 Å². The highest BCUT2D eigenvalue weighted by Gasteiger charge is 2.06. The summed E-state index contributed by atoms with van der Waals surface area (Å²) in [5.41, 5.74) is 3.26. The van der Waals surface area contributed by atoms with E-state index in [9.17, 15) is 4.79 Å². The second-order valence-corrected chi connectivity index (χ2v) is 7.71. The van der Waals surface area contributed by atoms with Gasteiger partial charge in [-0.05, 0) is 24.0 Å². The predicted molar refractivity (Wildman–Crippen MR) is 116 cm³/mol. The molecule has 0 amide bonds. The summed E-state index contributed by atoms with van der Waals surface area (Å²) in [5.74, 6) is 0.201. The zero-order valence-electron chi connectivity index (χ0n) is 17.1. The highest BCUT2D eigenvalue weighted by Crippen LogP contribution is 2.14. The number of unbranched alkanes of at least 4 members (excludes halogenated alkanes) is 9.